The molecule has 3 amide bonds. The topological polar surface area (TPSA) is 131 Å². The number of hydrogen-bond donors (Lipinski definition) is 3. The van der Waals surface area contributed by atoms with Gasteiger partial charge >= 0.3 is 12.0 Å². The lowest BCUT2D eigenvalue weighted by atomic mass is 10.1. The van der Waals surface area contributed by atoms with Crippen LogP contribution in [0.3, 0.4) is 0 Å². The lowest BCUT2D eigenvalue weighted by molar-refractivity contribution is -0.154. The third kappa shape index (κ3) is 8.49. The molecule has 10 heteroatoms. The molecule has 0 bridgehead atoms. The van der Waals surface area contributed by atoms with E-state index in [9.17, 15) is 22.8 Å². The highest BCUT2D eigenvalue weighted by atomic mass is 32.2. The summed E-state index contributed by atoms with van der Waals surface area (Å²) in [4.78, 5) is 35.4. The molecule has 1 aromatic rings. The molecule has 0 saturated carbocycles. The van der Waals surface area contributed by atoms with E-state index in [1.165, 1.54) is 19.1 Å². The zero-order chi connectivity index (χ0) is 21.5. The molecular formula is C18H27N3O6S. The molecule has 3 N–H and O–H groups in total. The van der Waals surface area contributed by atoms with Gasteiger partial charge in [0, 0.05) is 12.1 Å². The van der Waals surface area contributed by atoms with Gasteiger partial charge in [-0.25, -0.2) is 17.9 Å². The number of carbonyl (C=O) groups is 3. The van der Waals surface area contributed by atoms with E-state index in [1.54, 1.807) is 32.9 Å². The molecular weight excluding hydrogens is 386 g/mol. The molecule has 1 atom stereocenters. The highest BCUT2D eigenvalue weighted by Gasteiger charge is 2.22. The quantitative estimate of drug-likeness (QED) is 0.576. The monoisotopic (exact) mass is 413 g/mol. The average Bonchev–Trinajstić information content (AvgIpc) is 2.52. The Morgan fingerprint density at radius 2 is 1.68 bits per heavy atom. The molecule has 0 spiro atoms. The van der Waals surface area contributed by atoms with Gasteiger partial charge in [0.25, 0.3) is 5.91 Å². The van der Waals surface area contributed by atoms with Crippen molar-refractivity contribution in [2.24, 2.45) is 0 Å². The van der Waals surface area contributed by atoms with Crippen LogP contribution in [0.5, 0.6) is 0 Å². The Morgan fingerprint density at radius 1 is 1.11 bits per heavy atom. The van der Waals surface area contributed by atoms with Gasteiger partial charge in [-0.15, -0.1) is 0 Å². The van der Waals surface area contributed by atoms with Gasteiger partial charge in [-0.2, -0.15) is 0 Å². The van der Waals surface area contributed by atoms with Crippen molar-refractivity contribution in [1.82, 2.24) is 15.4 Å². The number of aryl methyl sites for hydroxylation is 1. The van der Waals surface area contributed by atoms with Crippen LogP contribution in [0.15, 0.2) is 29.2 Å². The van der Waals surface area contributed by atoms with Crippen LogP contribution in [0.4, 0.5) is 4.79 Å². The van der Waals surface area contributed by atoms with Crippen molar-refractivity contribution < 1.29 is 27.5 Å². The van der Waals surface area contributed by atoms with Crippen molar-refractivity contribution >= 4 is 27.9 Å². The first-order valence-corrected chi connectivity index (χ1v) is 10.2. The summed E-state index contributed by atoms with van der Waals surface area (Å²) >= 11 is 0. The number of ether oxygens (including phenoxy) is 1. The normalized spacial score (nSPS) is 12.8. The van der Waals surface area contributed by atoms with Crippen molar-refractivity contribution in [2.45, 2.75) is 57.6 Å². The Labute approximate surface area is 165 Å². The van der Waals surface area contributed by atoms with E-state index in [-0.39, 0.29) is 17.9 Å². The van der Waals surface area contributed by atoms with Gasteiger partial charge < -0.3 is 10.1 Å². The number of imide groups is 1. The number of esters is 1. The first-order chi connectivity index (χ1) is 12.8. The predicted molar refractivity (Wildman–Crippen MR) is 103 cm³/mol. The van der Waals surface area contributed by atoms with Crippen molar-refractivity contribution in [3.63, 3.8) is 0 Å². The fraction of sp³-hybridized carbons (Fsp3) is 0.500. The van der Waals surface area contributed by atoms with Crippen LogP contribution in [0.1, 0.15) is 39.7 Å². The lowest BCUT2D eigenvalue weighted by Crippen LogP contribution is -2.50. The van der Waals surface area contributed by atoms with Crippen LogP contribution < -0.4 is 15.4 Å². The van der Waals surface area contributed by atoms with Crippen LogP contribution in [-0.4, -0.2) is 44.5 Å². The Bertz CT molecular complexity index is 813. The molecule has 0 aliphatic carbocycles. The molecule has 0 fully saturated rings. The van der Waals surface area contributed by atoms with Gasteiger partial charge in [0.2, 0.25) is 10.0 Å². The maximum atomic E-state index is 12.1. The fourth-order valence-corrected chi connectivity index (χ4v) is 3.02. The van der Waals surface area contributed by atoms with Gasteiger partial charge in [-0.1, -0.05) is 17.7 Å². The van der Waals surface area contributed by atoms with Gasteiger partial charge in [0.1, 0.15) is 0 Å². The Balaban J connectivity index is 2.44. The number of benzene rings is 1. The SMILES string of the molecule is Cc1ccc(S(=O)(=O)NCCC(=O)O[C@H](C)C(=O)NC(=O)NC(C)(C)C)cc1. The van der Waals surface area contributed by atoms with Gasteiger partial charge in [0.15, 0.2) is 6.10 Å². The second-order valence-electron chi connectivity index (χ2n) is 7.29. The number of sulfonamides is 1. The molecule has 1 aromatic carbocycles. The summed E-state index contributed by atoms with van der Waals surface area (Å²) < 4.78 is 31.4. The zero-order valence-corrected chi connectivity index (χ0v) is 17.5. The summed E-state index contributed by atoms with van der Waals surface area (Å²) in [6.45, 7) is 8.21. The number of amides is 3. The minimum absolute atomic E-state index is 0.0871. The van der Waals surface area contributed by atoms with Crippen molar-refractivity contribution in [3.8, 4) is 0 Å². The van der Waals surface area contributed by atoms with E-state index >= 15 is 0 Å². The number of nitrogens with one attached hydrogen (secondary N) is 3. The van der Waals surface area contributed by atoms with Crippen LogP contribution in [0, 0.1) is 6.92 Å². The molecule has 0 aliphatic rings. The standard InChI is InChI=1S/C18H27N3O6S/c1-12-6-8-14(9-7-12)28(25,26)19-11-10-15(22)27-13(2)16(23)20-17(24)21-18(3,4)5/h6-9,13,19H,10-11H2,1-5H3,(H2,20,21,23,24)/t13-/m1/s1. The molecule has 0 heterocycles. The van der Waals surface area contributed by atoms with Crippen molar-refractivity contribution in [1.29, 1.82) is 0 Å². The van der Waals surface area contributed by atoms with E-state index in [4.69, 9.17) is 4.74 Å². The molecule has 0 aliphatic heterocycles. The fourth-order valence-electron chi connectivity index (χ4n) is 1.98. The minimum atomic E-state index is -3.74. The smallest absolute Gasteiger partial charge is 0.321 e. The largest absolute Gasteiger partial charge is 0.452 e. The molecule has 0 aromatic heterocycles. The Kier molecular flexibility index (Phi) is 8.13. The van der Waals surface area contributed by atoms with Crippen LogP contribution >= 0.6 is 0 Å². The minimum Gasteiger partial charge on any atom is -0.452 e. The van der Waals surface area contributed by atoms with Gasteiger partial charge in [0.05, 0.1) is 11.3 Å². The van der Waals surface area contributed by atoms with Gasteiger partial charge in [-0.3, -0.25) is 14.9 Å². The van der Waals surface area contributed by atoms with Gasteiger partial charge in [-0.05, 0) is 46.8 Å². The number of urea groups is 1. The van der Waals surface area contributed by atoms with E-state index < -0.39 is 39.6 Å². The van der Waals surface area contributed by atoms with E-state index in [0.717, 1.165) is 5.56 Å². The molecule has 156 valence electrons. The second kappa shape index (κ2) is 9.65. The molecule has 28 heavy (non-hydrogen) atoms. The highest BCUT2D eigenvalue weighted by Crippen LogP contribution is 2.09. The number of rotatable bonds is 7. The predicted octanol–water partition coefficient (Wildman–Crippen LogP) is 1.22. The summed E-state index contributed by atoms with van der Waals surface area (Å²) in [5.74, 6) is -1.55. The third-order valence-electron chi connectivity index (χ3n) is 3.36. The van der Waals surface area contributed by atoms with Crippen LogP contribution in [0.25, 0.3) is 0 Å². The second-order valence-corrected chi connectivity index (χ2v) is 9.05. The summed E-state index contributed by atoms with van der Waals surface area (Å²) in [5.41, 5.74) is 0.393. The summed E-state index contributed by atoms with van der Waals surface area (Å²) in [6.07, 6.45) is -1.47. The molecule has 0 unspecified atom stereocenters. The summed E-state index contributed by atoms with van der Waals surface area (Å²) in [5, 5.41) is 4.61. The average molecular weight is 413 g/mol. The Hall–Kier alpha value is -2.46. The molecule has 0 radical (unpaired) electrons. The maximum absolute atomic E-state index is 12.1. The molecule has 9 nitrogen and oxygen atoms in total. The van der Waals surface area contributed by atoms with E-state index in [1.807, 2.05) is 6.92 Å². The van der Waals surface area contributed by atoms with E-state index in [0.29, 0.717) is 0 Å². The number of hydrogen-bond acceptors (Lipinski definition) is 6. The lowest BCUT2D eigenvalue weighted by Gasteiger charge is -2.21. The van der Waals surface area contributed by atoms with Crippen LogP contribution in [0.2, 0.25) is 0 Å². The third-order valence-corrected chi connectivity index (χ3v) is 4.83. The van der Waals surface area contributed by atoms with E-state index in [2.05, 4.69) is 15.4 Å². The number of carbonyl (C=O) groups excluding carboxylic acids is 3. The maximum Gasteiger partial charge on any atom is 0.321 e. The zero-order valence-electron chi connectivity index (χ0n) is 16.7. The Morgan fingerprint density at radius 3 is 2.21 bits per heavy atom. The summed E-state index contributed by atoms with van der Waals surface area (Å²) in [6, 6.07) is 5.56. The highest BCUT2D eigenvalue weighted by molar-refractivity contribution is 7.89. The van der Waals surface area contributed by atoms with Crippen molar-refractivity contribution in [2.75, 3.05) is 6.54 Å². The first kappa shape index (κ1) is 23.6. The first-order valence-electron chi connectivity index (χ1n) is 8.69. The van der Waals surface area contributed by atoms with Crippen LogP contribution in [-0.2, 0) is 24.3 Å². The molecule has 0 saturated heterocycles. The summed E-state index contributed by atoms with van der Waals surface area (Å²) in [7, 11) is -3.74. The van der Waals surface area contributed by atoms with Crippen molar-refractivity contribution in [3.05, 3.63) is 29.8 Å². The molecule has 1 rings (SSSR count).